The smallest absolute Gasteiger partial charge is 0.0134 e. The topological polar surface area (TPSA) is 6.48 Å². The summed E-state index contributed by atoms with van der Waals surface area (Å²) in [7, 11) is 4.53. The quantitative estimate of drug-likeness (QED) is 0.577. The van der Waals surface area contributed by atoms with Gasteiger partial charge in [-0.25, -0.2) is 0 Å². The first kappa shape index (κ1) is 8.52. The maximum Gasteiger partial charge on any atom is 0.0134 e. The van der Waals surface area contributed by atoms with Gasteiger partial charge in [-0.2, -0.15) is 0 Å². The van der Waals surface area contributed by atoms with Crippen LogP contribution in [0.2, 0.25) is 0 Å². The molecule has 0 bridgehead atoms. The highest BCUT2D eigenvalue weighted by molar-refractivity contribution is 4.87. The molecule has 2 aliphatic rings. The van der Waals surface area contributed by atoms with Crippen molar-refractivity contribution in [2.24, 2.45) is 5.92 Å². The van der Waals surface area contributed by atoms with Crippen LogP contribution in [0.25, 0.3) is 0 Å². The average Bonchev–Trinajstić information content (AvgIpc) is 2.58. The summed E-state index contributed by atoms with van der Waals surface area (Å²) in [5.41, 5.74) is 0. The number of rotatable bonds is 1. The fraction of sp³-hybridized carbons (Fsp3) is 1.00. The van der Waals surface area contributed by atoms with Gasteiger partial charge in [-0.05, 0) is 52.4 Å². The lowest BCUT2D eigenvalue weighted by Crippen LogP contribution is -2.33. The zero-order valence-corrected chi connectivity index (χ0v) is 8.29. The lowest BCUT2D eigenvalue weighted by atomic mass is 9.97. The average molecular weight is 168 g/mol. The summed E-state index contributed by atoms with van der Waals surface area (Å²) < 4.78 is 0. The van der Waals surface area contributed by atoms with Crippen LogP contribution in [0.3, 0.4) is 0 Å². The summed E-state index contributed by atoms with van der Waals surface area (Å²) in [4.78, 5) is 5.03. The molecule has 0 saturated carbocycles. The summed E-state index contributed by atoms with van der Waals surface area (Å²) in [5, 5.41) is 0. The number of nitrogens with zero attached hydrogens (tertiary/aromatic N) is 2. The monoisotopic (exact) mass is 168 g/mol. The summed E-state index contributed by atoms with van der Waals surface area (Å²) in [6.45, 7) is 3.97. The third-order valence-electron chi connectivity index (χ3n) is 3.55. The molecule has 0 N–H and O–H groups in total. The zero-order valence-electron chi connectivity index (χ0n) is 8.29. The van der Waals surface area contributed by atoms with E-state index >= 15 is 0 Å². The van der Waals surface area contributed by atoms with Gasteiger partial charge in [0.1, 0.15) is 0 Å². The predicted molar refractivity (Wildman–Crippen MR) is 51.3 cm³/mol. The van der Waals surface area contributed by atoms with Crippen LogP contribution in [0.15, 0.2) is 0 Å². The molecule has 0 aliphatic carbocycles. The van der Waals surface area contributed by atoms with Gasteiger partial charge in [0.15, 0.2) is 0 Å². The van der Waals surface area contributed by atoms with E-state index in [-0.39, 0.29) is 0 Å². The third kappa shape index (κ3) is 1.50. The standard InChI is InChI=1S/C10H20N2/c1-11-7-5-9(8-11)10-4-3-6-12(10)2/h9-10H,3-8H2,1-2H3/t9-,10+/m1/s1. The van der Waals surface area contributed by atoms with Crippen LogP contribution >= 0.6 is 0 Å². The fourth-order valence-corrected chi connectivity index (χ4v) is 2.81. The van der Waals surface area contributed by atoms with Crippen LogP contribution < -0.4 is 0 Å². The second-order valence-electron chi connectivity index (χ2n) is 4.50. The van der Waals surface area contributed by atoms with Gasteiger partial charge in [0, 0.05) is 12.6 Å². The minimum atomic E-state index is 0.898. The van der Waals surface area contributed by atoms with Gasteiger partial charge in [-0.3, -0.25) is 0 Å². The highest BCUT2D eigenvalue weighted by Gasteiger charge is 2.32. The van der Waals surface area contributed by atoms with E-state index in [4.69, 9.17) is 0 Å². The Morgan fingerprint density at radius 1 is 1.08 bits per heavy atom. The second-order valence-corrected chi connectivity index (χ2v) is 4.50. The summed E-state index contributed by atoms with van der Waals surface area (Å²) >= 11 is 0. The summed E-state index contributed by atoms with van der Waals surface area (Å²) in [6.07, 6.45) is 4.28. The van der Waals surface area contributed by atoms with Crippen molar-refractivity contribution in [2.75, 3.05) is 33.7 Å². The van der Waals surface area contributed by atoms with Gasteiger partial charge < -0.3 is 9.80 Å². The van der Waals surface area contributed by atoms with E-state index in [1.54, 1.807) is 0 Å². The van der Waals surface area contributed by atoms with Crippen molar-refractivity contribution >= 4 is 0 Å². The Morgan fingerprint density at radius 2 is 1.92 bits per heavy atom. The van der Waals surface area contributed by atoms with Gasteiger partial charge in [-0.15, -0.1) is 0 Å². The minimum Gasteiger partial charge on any atom is -0.306 e. The van der Waals surface area contributed by atoms with E-state index in [1.165, 1.54) is 38.9 Å². The van der Waals surface area contributed by atoms with Crippen LogP contribution in [-0.2, 0) is 0 Å². The molecule has 0 radical (unpaired) electrons. The molecule has 0 aromatic rings. The Morgan fingerprint density at radius 3 is 2.42 bits per heavy atom. The lowest BCUT2D eigenvalue weighted by molar-refractivity contribution is 0.227. The third-order valence-corrected chi connectivity index (χ3v) is 3.55. The van der Waals surface area contributed by atoms with Crippen LogP contribution in [0.4, 0.5) is 0 Å². The van der Waals surface area contributed by atoms with E-state index in [0.717, 1.165) is 12.0 Å². The lowest BCUT2D eigenvalue weighted by Gasteiger charge is -2.25. The maximum atomic E-state index is 2.56. The molecule has 2 rings (SSSR count). The van der Waals surface area contributed by atoms with Gasteiger partial charge in [0.25, 0.3) is 0 Å². The van der Waals surface area contributed by atoms with Crippen molar-refractivity contribution in [3.63, 3.8) is 0 Å². The van der Waals surface area contributed by atoms with Crippen molar-refractivity contribution in [2.45, 2.75) is 25.3 Å². The summed E-state index contributed by atoms with van der Waals surface area (Å²) in [5.74, 6) is 0.961. The van der Waals surface area contributed by atoms with Crippen molar-refractivity contribution in [1.29, 1.82) is 0 Å². The zero-order chi connectivity index (χ0) is 8.55. The van der Waals surface area contributed by atoms with Gasteiger partial charge in [0.05, 0.1) is 0 Å². The number of likely N-dealkylation sites (tertiary alicyclic amines) is 2. The van der Waals surface area contributed by atoms with Crippen LogP contribution in [-0.4, -0.2) is 49.6 Å². The van der Waals surface area contributed by atoms with Crippen molar-refractivity contribution < 1.29 is 0 Å². The maximum absolute atomic E-state index is 2.56. The first-order valence-electron chi connectivity index (χ1n) is 5.16. The molecule has 0 aromatic carbocycles. The van der Waals surface area contributed by atoms with Crippen molar-refractivity contribution in [1.82, 2.24) is 9.80 Å². The Kier molecular flexibility index (Phi) is 2.37. The largest absolute Gasteiger partial charge is 0.306 e. The molecule has 0 aromatic heterocycles. The van der Waals surface area contributed by atoms with E-state index in [1.807, 2.05) is 0 Å². The Balaban J connectivity index is 1.91. The van der Waals surface area contributed by atoms with Crippen molar-refractivity contribution in [3.8, 4) is 0 Å². The number of hydrogen-bond acceptors (Lipinski definition) is 2. The molecule has 0 amide bonds. The molecule has 2 atom stereocenters. The normalized spacial score (nSPS) is 39.5. The molecule has 12 heavy (non-hydrogen) atoms. The van der Waals surface area contributed by atoms with Gasteiger partial charge >= 0.3 is 0 Å². The molecule has 2 heterocycles. The van der Waals surface area contributed by atoms with Crippen molar-refractivity contribution in [3.05, 3.63) is 0 Å². The summed E-state index contributed by atoms with van der Waals surface area (Å²) in [6, 6.07) is 0.898. The van der Waals surface area contributed by atoms with Crippen LogP contribution in [0.1, 0.15) is 19.3 Å². The molecule has 70 valence electrons. The van der Waals surface area contributed by atoms with E-state index in [9.17, 15) is 0 Å². The first-order chi connectivity index (χ1) is 5.77. The minimum absolute atomic E-state index is 0.898. The molecular weight excluding hydrogens is 148 g/mol. The second kappa shape index (κ2) is 3.35. The molecule has 2 saturated heterocycles. The van der Waals surface area contributed by atoms with E-state index < -0.39 is 0 Å². The number of hydrogen-bond donors (Lipinski definition) is 0. The Bertz CT molecular complexity index is 158. The highest BCUT2D eigenvalue weighted by Crippen LogP contribution is 2.28. The Hall–Kier alpha value is -0.0800. The molecule has 0 unspecified atom stereocenters. The molecular formula is C10H20N2. The molecule has 2 fully saturated rings. The van der Waals surface area contributed by atoms with Gasteiger partial charge in [-0.1, -0.05) is 0 Å². The SMILES string of the molecule is CN1CC[C@@H]([C@@H]2CCCN2C)C1. The fourth-order valence-electron chi connectivity index (χ4n) is 2.81. The van der Waals surface area contributed by atoms with Gasteiger partial charge in [0.2, 0.25) is 0 Å². The first-order valence-corrected chi connectivity index (χ1v) is 5.16. The van der Waals surface area contributed by atoms with Crippen LogP contribution in [0, 0.1) is 5.92 Å². The van der Waals surface area contributed by atoms with E-state index in [0.29, 0.717) is 0 Å². The Labute approximate surface area is 75.5 Å². The van der Waals surface area contributed by atoms with Crippen LogP contribution in [0.5, 0.6) is 0 Å². The molecule has 0 spiro atoms. The molecule has 2 nitrogen and oxygen atoms in total. The molecule has 2 heteroatoms. The van der Waals surface area contributed by atoms with E-state index in [2.05, 4.69) is 23.9 Å². The highest BCUT2D eigenvalue weighted by atomic mass is 15.2. The molecule has 2 aliphatic heterocycles. The predicted octanol–water partition coefficient (Wildman–Crippen LogP) is 1.03.